The average molecular weight is 562 g/mol. The van der Waals surface area contributed by atoms with Crippen LogP contribution < -0.4 is 10.6 Å². The first-order valence-electron chi connectivity index (χ1n) is 9.50. The molecular weight excluding hydrogens is 545 g/mol. The van der Waals surface area contributed by atoms with Crippen LogP contribution >= 0.6 is 46.4 Å². The zero-order valence-corrected chi connectivity index (χ0v) is 20.1. The summed E-state index contributed by atoms with van der Waals surface area (Å²) in [5.74, 6) is 0.181. The van der Waals surface area contributed by atoms with Crippen molar-refractivity contribution in [1.29, 1.82) is 0 Å². The highest BCUT2D eigenvalue weighted by atomic mass is 127. The Morgan fingerprint density at radius 2 is 1.90 bits per heavy atom. The molecule has 0 saturated carbocycles. The number of rotatable bonds is 4. The van der Waals surface area contributed by atoms with E-state index in [0.717, 1.165) is 15.6 Å². The molecule has 156 valence electrons. The van der Waals surface area contributed by atoms with E-state index in [1.165, 1.54) is 5.56 Å². The van der Waals surface area contributed by atoms with Crippen LogP contribution in [0.3, 0.4) is 0 Å². The van der Waals surface area contributed by atoms with Gasteiger partial charge in [0.1, 0.15) is 5.52 Å². The number of aromatic nitrogens is 1. The van der Waals surface area contributed by atoms with Crippen molar-refractivity contribution in [2.75, 3.05) is 5.32 Å². The van der Waals surface area contributed by atoms with Gasteiger partial charge in [0.05, 0.1) is 10.6 Å². The molecule has 0 unspecified atom stereocenters. The molecule has 0 saturated heterocycles. The summed E-state index contributed by atoms with van der Waals surface area (Å²) in [6.07, 6.45) is 0.920. The Hall–Kier alpha value is -2.49. The van der Waals surface area contributed by atoms with Crippen molar-refractivity contribution in [3.63, 3.8) is 0 Å². The summed E-state index contributed by atoms with van der Waals surface area (Å²) in [5.41, 5.74) is 4.42. The van der Waals surface area contributed by atoms with Crippen LogP contribution in [0.25, 0.3) is 22.6 Å². The van der Waals surface area contributed by atoms with E-state index in [-0.39, 0.29) is 11.0 Å². The van der Waals surface area contributed by atoms with E-state index in [2.05, 4.69) is 45.1 Å². The van der Waals surface area contributed by atoms with Crippen molar-refractivity contribution >= 4 is 74.2 Å². The predicted octanol–water partition coefficient (Wildman–Crippen LogP) is 6.44. The van der Waals surface area contributed by atoms with Crippen molar-refractivity contribution in [2.45, 2.75) is 13.3 Å². The van der Waals surface area contributed by atoms with E-state index in [9.17, 15) is 4.79 Å². The lowest BCUT2D eigenvalue weighted by Crippen LogP contribution is -2.34. The largest absolute Gasteiger partial charge is 0.436 e. The molecule has 0 fully saturated rings. The van der Waals surface area contributed by atoms with E-state index < -0.39 is 0 Å². The molecule has 1 aromatic heterocycles. The van der Waals surface area contributed by atoms with Crippen LogP contribution in [0.5, 0.6) is 0 Å². The molecular formula is C23H17ClIN3O2S. The predicted molar refractivity (Wildman–Crippen MR) is 137 cm³/mol. The third kappa shape index (κ3) is 5.06. The second-order valence-electron chi connectivity index (χ2n) is 6.78. The van der Waals surface area contributed by atoms with Crippen LogP contribution in [0.15, 0.2) is 65.1 Å². The maximum Gasteiger partial charge on any atom is 0.257 e. The lowest BCUT2D eigenvalue weighted by molar-refractivity contribution is 0.0977. The van der Waals surface area contributed by atoms with Crippen molar-refractivity contribution < 1.29 is 9.21 Å². The fourth-order valence-electron chi connectivity index (χ4n) is 3.01. The standard InChI is InChI=1S/C23H17ClIN3O2S/c1-2-13-3-5-14(6-4-13)21(29)28-23(31)26-16-8-10-20-19(12-16)27-22(30-20)17-11-15(25)7-9-18(17)24/h3-12H,2H2,1H3,(H2,26,28,29,31). The van der Waals surface area contributed by atoms with Crippen molar-refractivity contribution in [3.05, 3.63) is 80.4 Å². The Labute approximate surface area is 203 Å². The van der Waals surface area contributed by atoms with E-state index in [4.69, 9.17) is 28.2 Å². The van der Waals surface area contributed by atoms with Gasteiger partial charge in [-0.3, -0.25) is 10.1 Å². The topological polar surface area (TPSA) is 67.2 Å². The summed E-state index contributed by atoms with van der Waals surface area (Å²) in [7, 11) is 0. The Morgan fingerprint density at radius 3 is 2.65 bits per heavy atom. The van der Waals surface area contributed by atoms with E-state index in [1.54, 1.807) is 24.3 Å². The maximum atomic E-state index is 12.4. The number of hydrogen-bond donors (Lipinski definition) is 2. The number of nitrogens with one attached hydrogen (secondary N) is 2. The summed E-state index contributed by atoms with van der Waals surface area (Å²) < 4.78 is 6.90. The molecule has 2 N–H and O–H groups in total. The third-order valence-corrected chi connectivity index (χ3v) is 5.86. The number of carbonyl (C=O) groups excluding carboxylic acids is 1. The Kier molecular flexibility index (Phi) is 6.54. The van der Waals surface area contributed by atoms with Gasteiger partial charge in [-0.05, 0) is 95.3 Å². The van der Waals surface area contributed by atoms with Gasteiger partial charge < -0.3 is 9.73 Å². The monoisotopic (exact) mass is 561 g/mol. The maximum absolute atomic E-state index is 12.4. The lowest BCUT2D eigenvalue weighted by atomic mass is 10.1. The number of thiocarbonyl (C=S) groups is 1. The number of oxazole rings is 1. The zero-order chi connectivity index (χ0) is 22.0. The first-order chi connectivity index (χ1) is 14.9. The second kappa shape index (κ2) is 9.33. The molecule has 0 aliphatic heterocycles. The summed E-state index contributed by atoms with van der Waals surface area (Å²) in [6, 6.07) is 18.5. The van der Waals surface area contributed by atoms with Gasteiger partial charge >= 0.3 is 0 Å². The molecule has 4 aromatic rings. The highest BCUT2D eigenvalue weighted by molar-refractivity contribution is 14.1. The quantitative estimate of drug-likeness (QED) is 0.222. The first kappa shape index (κ1) is 21.7. The summed E-state index contributed by atoms with van der Waals surface area (Å²) in [5, 5.41) is 6.48. The van der Waals surface area contributed by atoms with Gasteiger partial charge in [0.2, 0.25) is 5.89 Å². The molecule has 1 heterocycles. The van der Waals surface area contributed by atoms with E-state index in [0.29, 0.717) is 33.3 Å². The lowest BCUT2D eigenvalue weighted by Gasteiger charge is -2.09. The van der Waals surface area contributed by atoms with Crippen LogP contribution in [0.4, 0.5) is 5.69 Å². The molecule has 1 amide bonds. The minimum Gasteiger partial charge on any atom is -0.436 e. The molecule has 8 heteroatoms. The number of benzene rings is 3. The number of nitrogens with zero attached hydrogens (tertiary/aromatic N) is 1. The van der Waals surface area contributed by atoms with Gasteiger partial charge in [-0.25, -0.2) is 4.98 Å². The van der Waals surface area contributed by atoms with Gasteiger partial charge in [-0.15, -0.1) is 0 Å². The molecule has 0 atom stereocenters. The number of carbonyl (C=O) groups is 1. The molecule has 0 aliphatic carbocycles. The Balaban J connectivity index is 1.48. The van der Waals surface area contributed by atoms with Crippen LogP contribution in [0.1, 0.15) is 22.8 Å². The molecule has 0 radical (unpaired) electrons. The number of anilines is 1. The number of halogens is 2. The van der Waals surface area contributed by atoms with Gasteiger partial charge in [0.25, 0.3) is 5.91 Å². The fourth-order valence-corrected chi connectivity index (χ4v) is 3.91. The number of fused-ring (bicyclic) bond motifs is 1. The van der Waals surface area contributed by atoms with Gasteiger partial charge in [0.15, 0.2) is 10.7 Å². The van der Waals surface area contributed by atoms with E-state index >= 15 is 0 Å². The number of hydrogen-bond acceptors (Lipinski definition) is 4. The highest BCUT2D eigenvalue weighted by Gasteiger charge is 2.13. The van der Waals surface area contributed by atoms with Gasteiger partial charge in [-0.2, -0.15) is 0 Å². The van der Waals surface area contributed by atoms with E-state index in [1.807, 2.05) is 36.4 Å². The van der Waals surface area contributed by atoms with Crippen LogP contribution in [0, 0.1) is 3.57 Å². The Morgan fingerprint density at radius 1 is 1.13 bits per heavy atom. The average Bonchev–Trinajstić information content (AvgIpc) is 3.18. The molecule has 4 rings (SSSR count). The highest BCUT2D eigenvalue weighted by Crippen LogP contribution is 2.32. The summed E-state index contributed by atoms with van der Waals surface area (Å²) in [6.45, 7) is 2.07. The number of amides is 1. The molecule has 0 aliphatic rings. The fraction of sp³-hybridized carbons (Fsp3) is 0.0870. The Bertz CT molecular complexity index is 1290. The smallest absolute Gasteiger partial charge is 0.257 e. The molecule has 0 bridgehead atoms. The second-order valence-corrected chi connectivity index (χ2v) is 8.85. The van der Waals surface area contributed by atoms with Crippen LogP contribution in [-0.4, -0.2) is 16.0 Å². The van der Waals surface area contributed by atoms with Crippen molar-refractivity contribution in [3.8, 4) is 11.5 Å². The normalized spacial score (nSPS) is 10.8. The molecule has 3 aromatic carbocycles. The summed E-state index contributed by atoms with van der Waals surface area (Å²) >= 11 is 13.8. The zero-order valence-electron chi connectivity index (χ0n) is 16.4. The minimum atomic E-state index is -0.265. The van der Waals surface area contributed by atoms with Gasteiger partial charge in [0, 0.05) is 14.8 Å². The minimum absolute atomic E-state index is 0.202. The van der Waals surface area contributed by atoms with Crippen LogP contribution in [0.2, 0.25) is 5.02 Å². The SMILES string of the molecule is CCc1ccc(C(=O)NC(=S)Nc2ccc3oc(-c4cc(I)ccc4Cl)nc3c2)cc1. The molecule has 31 heavy (non-hydrogen) atoms. The first-order valence-corrected chi connectivity index (χ1v) is 11.4. The number of aryl methyl sites for hydroxylation is 1. The molecule has 0 spiro atoms. The van der Waals surface area contributed by atoms with Crippen molar-refractivity contribution in [1.82, 2.24) is 10.3 Å². The van der Waals surface area contributed by atoms with Crippen molar-refractivity contribution in [2.24, 2.45) is 0 Å². The summed E-state index contributed by atoms with van der Waals surface area (Å²) in [4.78, 5) is 17.0. The molecule has 5 nitrogen and oxygen atoms in total. The van der Waals surface area contributed by atoms with Gasteiger partial charge in [-0.1, -0.05) is 30.7 Å². The van der Waals surface area contributed by atoms with Crippen LogP contribution in [-0.2, 0) is 6.42 Å². The third-order valence-electron chi connectivity index (χ3n) is 4.66.